The van der Waals surface area contributed by atoms with Crippen LogP contribution in [-0.2, 0) is 6.61 Å². The van der Waals surface area contributed by atoms with Crippen molar-refractivity contribution in [3.05, 3.63) is 46.8 Å². The van der Waals surface area contributed by atoms with Crippen molar-refractivity contribution in [2.24, 2.45) is 0 Å². The monoisotopic (exact) mass is 421 g/mol. The van der Waals surface area contributed by atoms with Crippen molar-refractivity contribution in [1.29, 1.82) is 0 Å². The molecule has 1 atom stereocenters. The molecule has 0 bridgehead atoms. The number of para-hydroxylation sites is 1. The van der Waals surface area contributed by atoms with E-state index in [-0.39, 0.29) is 11.3 Å². The molecule has 0 aliphatic heterocycles. The van der Waals surface area contributed by atoms with E-state index in [9.17, 15) is 0 Å². The van der Waals surface area contributed by atoms with Crippen LogP contribution in [0.15, 0.2) is 33.9 Å². The fraction of sp³-hybridized carbons (Fsp3) is 0.474. The Kier molecular flexibility index (Phi) is 6.96. The minimum Gasteiger partial charge on any atom is -0.484 e. The Bertz CT molecular complexity index is 909. The van der Waals surface area contributed by atoms with Gasteiger partial charge in [0.1, 0.15) is 12.4 Å². The van der Waals surface area contributed by atoms with E-state index in [1.54, 1.807) is 24.8 Å². The molecule has 1 aromatic carbocycles. The molecule has 28 heavy (non-hydrogen) atoms. The summed E-state index contributed by atoms with van der Waals surface area (Å²) in [5, 5.41) is 14.0. The fourth-order valence-corrected chi connectivity index (χ4v) is 4.06. The molecule has 0 N–H and O–H groups in total. The predicted octanol–water partition coefficient (Wildman–Crippen LogP) is 5.42. The van der Waals surface area contributed by atoms with Gasteiger partial charge in [-0.15, -0.1) is 10.2 Å². The van der Waals surface area contributed by atoms with Crippen LogP contribution in [0.4, 0.5) is 0 Å². The zero-order valence-electron chi connectivity index (χ0n) is 16.4. The van der Waals surface area contributed by atoms with E-state index in [0.717, 1.165) is 23.8 Å². The predicted molar refractivity (Wildman–Crippen MR) is 109 cm³/mol. The van der Waals surface area contributed by atoms with Crippen LogP contribution in [0.2, 0.25) is 5.02 Å². The lowest BCUT2D eigenvalue weighted by Crippen LogP contribution is -2.14. The van der Waals surface area contributed by atoms with Crippen molar-refractivity contribution < 1.29 is 9.26 Å². The molecule has 3 rings (SSSR count). The van der Waals surface area contributed by atoms with Gasteiger partial charge < -0.3 is 13.8 Å². The van der Waals surface area contributed by atoms with Crippen LogP contribution in [0.3, 0.4) is 0 Å². The first-order valence-corrected chi connectivity index (χ1v) is 10.6. The molecule has 9 heteroatoms. The zero-order valence-corrected chi connectivity index (χ0v) is 18.0. The SMILES string of the molecule is CCC(CC)n1c(COc2ccccc2Cl)nnc1SC(C)c1nc(C)no1. The summed E-state index contributed by atoms with van der Waals surface area (Å²) in [6, 6.07) is 7.69. The molecular weight excluding hydrogens is 398 g/mol. The van der Waals surface area contributed by atoms with E-state index >= 15 is 0 Å². The Morgan fingerprint density at radius 2 is 1.96 bits per heavy atom. The number of aromatic nitrogens is 5. The highest BCUT2D eigenvalue weighted by atomic mass is 35.5. The second-order valence-corrected chi connectivity index (χ2v) is 8.11. The Labute approximate surface area is 173 Å². The first-order chi connectivity index (χ1) is 13.5. The smallest absolute Gasteiger partial charge is 0.239 e. The first kappa shape index (κ1) is 20.7. The average molecular weight is 422 g/mol. The van der Waals surface area contributed by atoms with Crippen molar-refractivity contribution in [1.82, 2.24) is 24.9 Å². The number of rotatable bonds is 9. The number of aryl methyl sites for hydroxylation is 1. The van der Waals surface area contributed by atoms with Gasteiger partial charge in [0.05, 0.1) is 10.3 Å². The van der Waals surface area contributed by atoms with Gasteiger partial charge in [0.25, 0.3) is 0 Å². The van der Waals surface area contributed by atoms with E-state index in [1.807, 2.05) is 25.1 Å². The van der Waals surface area contributed by atoms with Crippen LogP contribution in [0.5, 0.6) is 5.75 Å². The van der Waals surface area contributed by atoms with Crippen LogP contribution in [0.1, 0.15) is 62.4 Å². The first-order valence-electron chi connectivity index (χ1n) is 9.31. The molecular formula is C19H24ClN5O2S. The molecule has 0 saturated carbocycles. The normalized spacial score (nSPS) is 12.5. The molecule has 3 aromatic rings. The largest absolute Gasteiger partial charge is 0.484 e. The number of hydrogen-bond acceptors (Lipinski definition) is 7. The third-order valence-electron chi connectivity index (χ3n) is 4.41. The molecule has 0 spiro atoms. The lowest BCUT2D eigenvalue weighted by Gasteiger charge is -2.20. The summed E-state index contributed by atoms with van der Waals surface area (Å²) in [6.07, 6.45) is 1.93. The second kappa shape index (κ2) is 9.43. The molecule has 0 amide bonds. The minimum atomic E-state index is -0.0316. The van der Waals surface area contributed by atoms with Gasteiger partial charge in [-0.2, -0.15) is 4.98 Å². The summed E-state index contributed by atoms with van der Waals surface area (Å²) in [4.78, 5) is 4.32. The molecule has 2 heterocycles. The van der Waals surface area contributed by atoms with Gasteiger partial charge in [-0.25, -0.2) is 0 Å². The van der Waals surface area contributed by atoms with Crippen LogP contribution < -0.4 is 4.74 Å². The lowest BCUT2D eigenvalue weighted by atomic mass is 10.2. The van der Waals surface area contributed by atoms with Crippen molar-refractivity contribution in [3.8, 4) is 5.75 Å². The van der Waals surface area contributed by atoms with Gasteiger partial charge in [0, 0.05) is 6.04 Å². The van der Waals surface area contributed by atoms with Gasteiger partial charge >= 0.3 is 0 Å². The average Bonchev–Trinajstić information content (AvgIpc) is 3.29. The topological polar surface area (TPSA) is 78.9 Å². The number of ether oxygens (including phenoxy) is 1. The fourth-order valence-electron chi connectivity index (χ4n) is 2.90. The third kappa shape index (κ3) is 4.67. The lowest BCUT2D eigenvalue weighted by molar-refractivity contribution is 0.278. The highest BCUT2D eigenvalue weighted by molar-refractivity contribution is 7.99. The second-order valence-electron chi connectivity index (χ2n) is 6.40. The quantitative estimate of drug-likeness (QED) is 0.427. The standard InChI is InChI=1S/C19H24ClN5O2S/c1-5-14(6-2)25-17(11-26-16-10-8-7-9-15(16)20)22-23-19(25)28-12(3)18-21-13(4)24-27-18/h7-10,12,14H,5-6,11H2,1-4H3. The van der Waals surface area contributed by atoms with E-state index in [2.05, 4.69) is 38.8 Å². The van der Waals surface area contributed by atoms with E-state index < -0.39 is 0 Å². The number of thioether (sulfide) groups is 1. The maximum absolute atomic E-state index is 6.20. The maximum Gasteiger partial charge on any atom is 0.239 e. The highest BCUT2D eigenvalue weighted by Gasteiger charge is 2.23. The van der Waals surface area contributed by atoms with Gasteiger partial charge in [-0.05, 0) is 38.8 Å². The third-order valence-corrected chi connectivity index (χ3v) is 5.77. The van der Waals surface area contributed by atoms with Crippen LogP contribution >= 0.6 is 23.4 Å². The summed E-state index contributed by atoms with van der Waals surface area (Å²) >= 11 is 7.75. The van der Waals surface area contributed by atoms with Crippen molar-refractivity contribution in [2.75, 3.05) is 0 Å². The Hall–Kier alpha value is -2.06. The Morgan fingerprint density at radius 1 is 1.21 bits per heavy atom. The van der Waals surface area contributed by atoms with Crippen LogP contribution in [0, 0.1) is 6.92 Å². The summed E-state index contributed by atoms with van der Waals surface area (Å²) in [5.74, 6) is 2.60. The van der Waals surface area contributed by atoms with Gasteiger partial charge in [-0.3, -0.25) is 0 Å². The van der Waals surface area contributed by atoms with E-state index in [1.165, 1.54) is 0 Å². The summed E-state index contributed by atoms with van der Waals surface area (Å²) < 4.78 is 13.4. The van der Waals surface area contributed by atoms with Crippen molar-refractivity contribution in [3.63, 3.8) is 0 Å². The number of halogens is 1. The number of hydrogen-bond donors (Lipinski definition) is 0. The molecule has 1 unspecified atom stereocenters. The highest BCUT2D eigenvalue weighted by Crippen LogP contribution is 2.36. The molecule has 0 fully saturated rings. The van der Waals surface area contributed by atoms with E-state index in [4.69, 9.17) is 20.9 Å². The Morgan fingerprint density at radius 3 is 2.61 bits per heavy atom. The number of benzene rings is 1. The minimum absolute atomic E-state index is 0.0316. The summed E-state index contributed by atoms with van der Waals surface area (Å²) in [7, 11) is 0. The molecule has 2 aromatic heterocycles. The number of nitrogens with zero attached hydrogens (tertiary/aromatic N) is 5. The van der Waals surface area contributed by atoms with E-state index in [0.29, 0.717) is 29.1 Å². The van der Waals surface area contributed by atoms with Gasteiger partial charge in [0.2, 0.25) is 5.89 Å². The van der Waals surface area contributed by atoms with Crippen LogP contribution in [-0.4, -0.2) is 24.9 Å². The van der Waals surface area contributed by atoms with Crippen molar-refractivity contribution >= 4 is 23.4 Å². The molecule has 0 aliphatic rings. The Balaban J connectivity index is 1.83. The molecule has 0 saturated heterocycles. The van der Waals surface area contributed by atoms with Crippen LogP contribution in [0.25, 0.3) is 0 Å². The van der Waals surface area contributed by atoms with Gasteiger partial charge in [-0.1, -0.05) is 54.5 Å². The van der Waals surface area contributed by atoms with Crippen molar-refractivity contribution in [2.45, 2.75) is 63.6 Å². The van der Waals surface area contributed by atoms with Gasteiger partial charge in [0.15, 0.2) is 16.8 Å². The summed E-state index contributed by atoms with van der Waals surface area (Å²) in [5.41, 5.74) is 0. The molecule has 0 aliphatic carbocycles. The maximum atomic E-state index is 6.20. The molecule has 0 radical (unpaired) electrons. The summed E-state index contributed by atoms with van der Waals surface area (Å²) in [6.45, 7) is 8.44. The molecule has 7 nitrogen and oxygen atoms in total. The zero-order chi connectivity index (χ0) is 20.1. The molecule has 150 valence electrons.